The molecule has 2 N–H and O–H groups in total. The molecule has 2 aromatic heterocycles. The van der Waals surface area contributed by atoms with E-state index in [2.05, 4.69) is 15.2 Å². The first-order chi connectivity index (χ1) is 17.8. The van der Waals surface area contributed by atoms with E-state index >= 15 is 0 Å². The topological polar surface area (TPSA) is 81.6 Å². The van der Waals surface area contributed by atoms with Gasteiger partial charge in [0.1, 0.15) is 12.3 Å². The summed E-state index contributed by atoms with van der Waals surface area (Å²) in [6.45, 7) is 3.38. The van der Waals surface area contributed by atoms with Crippen molar-refractivity contribution in [1.29, 1.82) is 0 Å². The second kappa shape index (κ2) is 10.4. The van der Waals surface area contributed by atoms with Crippen LogP contribution in [-0.4, -0.2) is 54.9 Å². The molecule has 0 fully saturated rings. The zero-order chi connectivity index (χ0) is 26.1. The van der Waals surface area contributed by atoms with E-state index in [0.717, 1.165) is 40.7 Å². The van der Waals surface area contributed by atoms with Crippen molar-refractivity contribution in [2.24, 2.45) is 5.92 Å². The number of nitrogens with one attached hydrogen (secondary N) is 2. The number of aromatic amines is 1. The van der Waals surface area contributed by atoms with Gasteiger partial charge in [-0.05, 0) is 67.9 Å². The van der Waals surface area contributed by atoms with Gasteiger partial charge in [-0.3, -0.25) is 9.59 Å². The lowest BCUT2D eigenvalue weighted by Crippen LogP contribution is -2.54. The van der Waals surface area contributed by atoms with Gasteiger partial charge in [0.15, 0.2) is 0 Å². The number of halogens is 1. The van der Waals surface area contributed by atoms with Crippen molar-refractivity contribution in [3.8, 4) is 0 Å². The van der Waals surface area contributed by atoms with Crippen LogP contribution in [0.5, 0.6) is 0 Å². The summed E-state index contributed by atoms with van der Waals surface area (Å²) in [6.07, 6.45) is 5.60. The maximum atomic E-state index is 14.4. The molecule has 5 rings (SSSR count). The molecule has 4 aromatic rings. The Hall–Kier alpha value is -3.55. The normalized spacial score (nSPS) is 17.0. The Balaban J connectivity index is 1.54. The molecule has 0 spiro atoms. The Morgan fingerprint density at radius 1 is 1.22 bits per heavy atom. The van der Waals surface area contributed by atoms with E-state index in [1.54, 1.807) is 6.07 Å². The van der Waals surface area contributed by atoms with Gasteiger partial charge in [0.05, 0.1) is 11.8 Å². The predicted octanol–water partition coefficient (Wildman–Crippen LogP) is 5.08. The third kappa shape index (κ3) is 5.15. The summed E-state index contributed by atoms with van der Waals surface area (Å²) in [7, 11) is 4.07. The van der Waals surface area contributed by atoms with Crippen molar-refractivity contribution in [1.82, 2.24) is 15.2 Å². The Morgan fingerprint density at radius 3 is 2.78 bits per heavy atom. The van der Waals surface area contributed by atoms with Crippen LogP contribution < -0.4 is 10.2 Å². The fourth-order valence-electron chi connectivity index (χ4n) is 5.40. The highest BCUT2D eigenvalue weighted by atomic mass is 35.5. The van der Waals surface area contributed by atoms with E-state index in [0.29, 0.717) is 17.1 Å². The average Bonchev–Trinajstić information content (AvgIpc) is 3.56. The van der Waals surface area contributed by atoms with Gasteiger partial charge in [-0.1, -0.05) is 36.7 Å². The quantitative estimate of drug-likeness (QED) is 0.357. The van der Waals surface area contributed by atoms with Crippen LogP contribution in [0.15, 0.2) is 71.7 Å². The number of hydrogen-bond donors (Lipinski definition) is 2. The molecule has 0 saturated heterocycles. The highest BCUT2D eigenvalue weighted by Gasteiger charge is 2.37. The predicted molar refractivity (Wildman–Crippen MR) is 146 cm³/mol. The van der Waals surface area contributed by atoms with Gasteiger partial charge < -0.3 is 24.5 Å². The number of nitrogens with zero attached hydrogens (tertiary/aromatic N) is 2. The van der Waals surface area contributed by atoms with Gasteiger partial charge in [-0.15, -0.1) is 0 Å². The Labute approximate surface area is 221 Å². The van der Waals surface area contributed by atoms with Crippen LogP contribution in [0.25, 0.3) is 10.9 Å². The van der Waals surface area contributed by atoms with Gasteiger partial charge in [0.25, 0.3) is 5.91 Å². The summed E-state index contributed by atoms with van der Waals surface area (Å²) in [5.74, 6) is -0.568. The SMILES string of the molecule is CC(c1c[nH]c2ccccc12)C(NC(=O)c1ccoc1)C(=O)N1C[C@@H](CN(C)C)Cc2cc(Cl)ccc21. The number of benzene rings is 2. The summed E-state index contributed by atoms with van der Waals surface area (Å²) in [5.41, 5.74) is 4.22. The minimum Gasteiger partial charge on any atom is -0.472 e. The van der Waals surface area contributed by atoms with Gasteiger partial charge in [-0.2, -0.15) is 0 Å². The largest absolute Gasteiger partial charge is 0.472 e. The summed E-state index contributed by atoms with van der Waals surface area (Å²) >= 11 is 6.34. The lowest BCUT2D eigenvalue weighted by Gasteiger charge is -2.38. The molecular weight excluding hydrogens is 488 g/mol. The van der Waals surface area contributed by atoms with Gasteiger partial charge in [-0.25, -0.2) is 0 Å². The van der Waals surface area contributed by atoms with Crippen molar-refractivity contribution in [3.05, 3.63) is 89.0 Å². The minimum absolute atomic E-state index is 0.151. The van der Waals surface area contributed by atoms with Crippen LogP contribution >= 0.6 is 11.6 Å². The minimum atomic E-state index is -0.803. The number of carbonyl (C=O) groups is 2. The molecule has 37 heavy (non-hydrogen) atoms. The van der Waals surface area contributed by atoms with Gasteiger partial charge in [0.2, 0.25) is 5.91 Å². The smallest absolute Gasteiger partial charge is 0.255 e. The van der Waals surface area contributed by atoms with Crippen LogP contribution in [0, 0.1) is 5.92 Å². The van der Waals surface area contributed by atoms with Crippen LogP contribution in [0.4, 0.5) is 5.69 Å². The summed E-state index contributed by atoms with van der Waals surface area (Å²) < 4.78 is 5.11. The molecule has 1 aliphatic heterocycles. The van der Waals surface area contributed by atoms with Crippen molar-refractivity contribution in [2.45, 2.75) is 25.3 Å². The number of rotatable bonds is 7. The molecule has 2 unspecified atom stereocenters. The Bertz CT molecular complexity index is 1410. The lowest BCUT2D eigenvalue weighted by atomic mass is 9.88. The zero-order valence-electron chi connectivity index (χ0n) is 21.2. The fourth-order valence-corrected chi connectivity index (χ4v) is 5.59. The molecule has 0 aliphatic carbocycles. The maximum Gasteiger partial charge on any atom is 0.255 e. The number of carbonyl (C=O) groups excluding carboxylic acids is 2. The van der Waals surface area contributed by atoms with E-state index < -0.39 is 6.04 Å². The number of furan rings is 1. The molecule has 1 aliphatic rings. The maximum absolute atomic E-state index is 14.4. The number of amides is 2. The molecule has 0 bridgehead atoms. The number of hydrogen-bond acceptors (Lipinski definition) is 4. The van der Waals surface area contributed by atoms with E-state index in [1.807, 2.05) is 74.6 Å². The highest BCUT2D eigenvalue weighted by molar-refractivity contribution is 6.30. The second-order valence-corrected chi connectivity index (χ2v) is 10.5. The molecule has 0 radical (unpaired) electrons. The molecule has 192 valence electrons. The average molecular weight is 519 g/mol. The van der Waals surface area contributed by atoms with Crippen molar-refractivity contribution in [3.63, 3.8) is 0 Å². The third-order valence-electron chi connectivity index (χ3n) is 7.12. The first-order valence-electron chi connectivity index (χ1n) is 12.5. The van der Waals surface area contributed by atoms with E-state index in [1.165, 1.54) is 12.5 Å². The Kier molecular flexibility index (Phi) is 7.09. The van der Waals surface area contributed by atoms with Crippen LogP contribution in [0.3, 0.4) is 0 Å². The highest BCUT2D eigenvalue weighted by Crippen LogP contribution is 2.35. The van der Waals surface area contributed by atoms with Crippen molar-refractivity contribution < 1.29 is 14.0 Å². The van der Waals surface area contributed by atoms with Crippen LogP contribution in [0.2, 0.25) is 5.02 Å². The standard InChI is InChI=1S/C29H31ClN4O3/c1-18(24-14-31-25-7-5-4-6-23(24)25)27(32-28(35)20-10-11-37-17-20)29(36)34-16-19(15-33(2)3)12-21-13-22(30)8-9-26(21)34/h4-11,13-14,17-19,27,31H,12,15-16H2,1-3H3,(H,32,35)/t18?,19-,27?/m1/s1. The van der Waals surface area contributed by atoms with E-state index in [-0.39, 0.29) is 23.7 Å². The molecule has 2 aromatic carbocycles. The van der Waals surface area contributed by atoms with Crippen molar-refractivity contribution >= 4 is 40.0 Å². The lowest BCUT2D eigenvalue weighted by molar-refractivity contribution is -0.121. The Morgan fingerprint density at radius 2 is 2.03 bits per heavy atom. The third-order valence-corrected chi connectivity index (χ3v) is 7.35. The molecule has 8 heteroatoms. The molecule has 3 atom stereocenters. The van der Waals surface area contributed by atoms with Gasteiger partial charge >= 0.3 is 0 Å². The summed E-state index contributed by atoms with van der Waals surface area (Å²) in [5, 5.41) is 4.70. The monoisotopic (exact) mass is 518 g/mol. The van der Waals surface area contributed by atoms with E-state index in [4.69, 9.17) is 16.0 Å². The molecule has 2 amide bonds. The van der Waals surface area contributed by atoms with E-state index in [9.17, 15) is 9.59 Å². The first-order valence-corrected chi connectivity index (χ1v) is 12.8. The summed E-state index contributed by atoms with van der Waals surface area (Å²) in [6, 6.07) is 14.4. The molecule has 7 nitrogen and oxygen atoms in total. The summed E-state index contributed by atoms with van der Waals surface area (Å²) in [4.78, 5) is 34.8. The first kappa shape index (κ1) is 25.1. The zero-order valence-corrected chi connectivity index (χ0v) is 22.0. The molecule has 3 heterocycles. The molecular formula is C29H31ClN4O3. The number of H-pyrrole nitrogens is 1. The number of aromatic nitrogens is 1. The number of fused-ring (bicyclic) bond motifs is 2. The number of anilines is 1. The molecule has 0 saturated carbocycles. The number of para-hydroxylation sites is 1. The van der Waals surface area contributed by atoms with Crippen LogP contribution in [0.1, 0.15) is 34.3 Å². The fraction of sp³-hybridized carbons (Fsp3) is 0.310. The van der Waals surface area contributed by atoms with Crippen molar-refractivity contribution in [2.75, 3.05) is 32.1 Å². The second-order valence-electron chi connectivity index (χ2n) is 10.1. The van der Waals surface area contributed by atoms with Gasteiger partial charge in [0, 0.05) is 46.8 Å². The van der Waals surface area contributed by atoms with Crippen LogP contribution in [-0.2, 0) is 11.2 Å².